The highest BCUT2D eigenvalue weighted by Crippen LogP contribution is 2.43. The summed E-state index contributed by atoms with van der Waals surface area (Å²) in [7, 11) is 1.97. The van der Waals surface area contributed by atoms with Gasteiger partial charge in [-0.3, -0.25) is 0 Å². The average Bonchev–Trinajstić information content (AvgIpc) is 2.98. The summed E-state index contributed by atoms with van der Waals surface area (Å²) in [6.07, 6.45) is 8.30. The molecular formula is C17H23N3. The number of hydrogen-bond acceptors (Lipinski definition) is 2. The zero-order valence-electron chi connectivity index (χ0n) is 12.2. The van der Waals surface area contributed by atoms with Gasteiger partial charge >= 0.3 is 0 Å². The maximum Gasteiger partial charge on any atom is 0.116 e. The smallest absolute Gasteiger partial charge is 0.116 e. The molecular weight excluding hydrogens is 246 g/mol. The van der Waals surface area contributed by atoms with E-state index in [1.54, 1.807) is 0 Å². The van der Waals surface area contributed by atoms with Crippen LogP contribution < -0.4 is 5.32 Å². The van der Waals surface area contributed by atoms with Crippen molar-refractivity contribution >= 4 is 0 Å². The van der Waals surface area contributed by atoms with Gasteiger partial charge in [0, 0.05) is 18.4 Å². The Morgan fingerprint density at radius 2 is 1.90 bits per heavy atom. The van der Waals surface area contributed by atoms with Gasteiger partial charge in [0.25, 0.3) is 0 Å². The zero-order chi connectivity index (χ0) is 13.8. The van der Waals surface area contributed by atoms with E-state index in [0.29, 0.717) is 0 Å². The average molecular weight is 269 g/mol. The van der Waals surface area contributed by atoms with Crippen molar-refractivity contribution < 1.29 is 0 Å². The molecule has 0 radical (unpaired) electrons. The molecule has 0 unspecified atom stereocenters. The van der Waals surface area contributed by atoms with E-state index < -0.39 is 0 Å². The van der Waals surface area contributed by atoms with Gasteiger partial charge in [-0.15, -0.1) is 0 Å². The molecule has 2 aromatic rings. The number of imidazole rings is 1. The van der Waals surface area contributed by atoms with Gasteiger partial charge in [-0.1, -0.05) is 49.6 Å². The molecule has 0 bridgehead atoms. The molecule has 1 heterocycles. The minimum Gasteiger partial charge on any atom is -0.344 e. The summed E-state index contributed by atoms with van der Waals surface area (Å²) in [6, 6.07) is 10.9. The van der Waals surface area contributed by atoms with Gasteiger partial charge < -0.3 is 10.3 Å². The molecule has 1 aromatic heterocycles. The first-order valence-electron chi connectivity index (χ1n) is 7.60. The Hall–Kier alpha value is -1.61. The number of hydrogen-bond donors (Lipinski definition) is 2. The van der Waals surface area contributed by atoms with Gasteiger partial charge in [-0.2, -0.15) is 0 Å². The monoisotopic (exact) mass is 269 g/mol. The van der Waals surface area contributed by atoms with Crippen LogP contribution in [0.3, 0.4) is 0 Å². The number of rotatable bonds is 4. The SMILES string of the molecule is CNCc1cnc(C2(c3ccccc3)CCCCC2)[nH]1. The summed E-state index contributed by atoms with van der Waals surface area (Å²) in [6.45, 7) is 0.845. The van der Waals surface area contributed by atoms with Crippen molar-refractivity contribution in [1.29, 1.82) is 0 Å². The predicted octanol–water partition coefficient (Wildman–Crippen LogP) is 3.38. The van der Waals surface area contributed by atoms with Crippen LogP contribution in [0.4, 0.5) is 0 Å². The minimum absolute atomic E-state index is 0.0888. The van der Waals surface area contributed by atoms with Gasteiger partial charge in [0.2, 0.25) is 0 Å². The van der Waals surface area contributed by atoms with Crippen molar-refractivity contribution in [2.75, 3.05) is 7.05 Å². The molecule has 3 rings (SSSR count). The van der Waals surface area contributed by atoms with E-state index >= 15 is 0 Å². The summed E-state index contributed by atoms with van der Waals surface area (Å²) >= 11 is 0. The summed E-state index contributed by atoms with van der Waals surface area (Å²) < 4.78 is 0. The second-order valence-corrected chi connectivity index (χ2v) is 5.80. The van der Waals surface area contributed by atoms with E-state index in [-0.39, 0.29) is 5.41 Å². The highest BCUT2D eigenvalue weighted by molar-refractivity contribution is 5.34. The van der Waals surface area contributed by atoms with Gasteiger partial charge in [0.05, 0.1) is 5.41 Å². The molecule has 3 nitrogen and oxygen atoms in total. The molecule has 2 N–H and O–H groups in total. The molecule has 106 valence electrons. The summed E-state index contributed by atoms with van der Waals surface area (Å²) in [5, 5.41) is 3.18. The quantitative estimate of drug-likeness (QED) is 0.893. The Bertz CT molecular complexity index is 538. The largest absolute Gasteiger partial charge is 0.344 e. The van der Waals surface area contributed by atoms with E-state index in [0.717, 1.165) is 12.4 Å². The molecule has 1 aliphatic carbocycles. The highest BCUT2D eigenvalue weighted by Gasteiger charge is 2.38. The number of nitrogens with one attached hydrogen (secondary N) is 2. The third-order valence-electron chi connectivity index (χ3n) is 4.48. The molecule has 1 saturated carbocycles. The predicted molar refractivity (Wildman–Crippen MR) is 81.7 cm³/mol. The summed E-state index contributed by atoms with van der Waals surface area (Å²) in [5.74, 6) is 1.15. The third-order valence-corrected chi connectivity index (χ3v) is 4.48. The first-order valence-corrected chi connectivity index (χ1v) is 7.60. The number of nitrogens with zero attached hydrogens (tertiary/aromatic N) is 1. The van der Waals surface area contributed by atoms with Crippen LogP contribution >= 0.6 is 0 Å². The van der Waals surface area contributed by atoms with Crippen LogP contribution in [-0.4, -0.2) is 17.0 Å². The minimum atomic E-state index is 0.0888. The fourth-order valence-electron chi connectivity index (χ4n) is 3.46. The van der Waals surface area contributed by atoms with Gasteiger partial charge in [-0.05, 0) is 25.5 Å². The van der Waals surface area contributed by atoms with Gasteiger partial charge in [-0.25, -0.2) is 4.98 Å². The van der Waals surface area contributed by atoms with Crippen LogP contribution in [0.5, 0.6) is 0 Å². The van der Waals surface area contributed by atoms with Gasteiger partial charge in [0.15, 0.2) is 0 Å². The molecule has 1 aliphatic rings. The van der Waals surface area contributed by atoms with E-state index in [4.69, 9.17) is 4.98 Å². The Morgan fingerprint density at radius 3 is 2.60 bits per heavy atom. The Morgan fingerprint density at radius 1 is 1.15 bits per heavy atom. The molecule has 1 fully saturated rings. The lowest BCUT2D eigenvalue weighted by atomic mass is 9.69. The first kappa shape index (κ1) is 13.4. The van der Waals surface area contributed by atoms with E-state index in [1.165, 1.54) is 43.4 Å². The fraction of sp³-hybridized carbons (Fsp3) is 0.471. The van der Waals surface area contributed by atoms with Crippen LogP contribution in [-0.2, 0) is 12.0 Å². The van der Waals surface area contributed by atoms with Crippen LogP contribution in [0.2, 0.25) is 0 Å². The Kier molecular flexibility index (Phi) is 3.88. The van der Waals surface area contributed by atoms with Crippen molar-refractivity contribution in [3.05, 3.63) is 53.6 Å². The molecule has 0 saturated heterocycles. The molecule has 0 spiro atoms. The molecule has 0 amide bonds. The Balaban J connectivity index is 2.00. The molecule has 1 aromatic carbocycles. The number of H-pyrrole nitrogens is 1. The van der Waals surface area contributed by atoms with Crippen molar-refractivity contribution in [3.8, 4) is 0 Å². The number of aromatic amines is 1. The Labute approximate surface area is 120 Å². The molecule has 0 atom stereocenters. The highest BCUT2D eigenvalue weighted by atomic mass is 15.0. The normalized spacial score (nSPS) is 18.1. The van der Waals surface area contributed by atoms with Crippen molar-refractivity contribution in [2.24, 2.45) is 0 Å². The topological polar surface area (TPSA) is 40.7 Å². The molecule has 0 aliphatic heterocycles. The second-order valence-electron chi connectivity index (χ2n) is 5.80. The number of benzene rings is 1. The standard InChI is InChI=1S/C17H23N3/c1-18-12-15-13-19-16(20-15)17(10-6-3-7-11-17)14-8-4-2-5-9-14/h2,4-5,8-9,13,18H,3,6-7,10-12H2,1H3,(H,19,20). The van der Waals surface area contributed by atoms with Gasteiger partial charge in [0.1, 0.15) is 5.82 Å². The zero-order valence-corrected chi connectivity index (χ0v) is 12.2. The third kappa shape index (κ3) is 2.38. The lowest BCUT2D eigenvalue weighted by Crippen LogP contribution is -2.31. The van der Waals surface area contributed by atoms with Crippen LogP contribution in [0, 0.1) is 0 Å². The summed E-state index contributed by atoms with van der Waals surface area (Å²) in [4.78, 5) is 8.26. The first-order chi connectivity index (χ1) is 9.85. The fourth-order valence-corrected chi connectivity index (χ4v) is 3.46. The lowest BCUT2D eigenvalue weighted by molar-refractivity contribution is 0.332. The molecule has 3 heteroatoms. The van der Waals surface area contributed by atoms with Crippen molar-refractivity contribution in [1.82, 2.24) is 15.3 Å². The van der Waals surface area contributed by atoms with Crippen LogP contribution in [0.25, 0.3) is 0 Å². The van der Waals surface area contributed by atoms with Crippen molar-refractivity contribution in [2.45, 2.75) is 44.1 Å². The molecule has 20 heavy (non-hydrogen) atoms. The van der Waals surface area contributed by atoms with Crippen LogP contribution in [0.15, 0.2) is 36.5 Å². The second kappa shape index (κ2) is 5.80. The van der Waals surface area contributed by atoms with Crippen molar-refractivity contribution in [3.63, 3.8) is 0 Å². The van der Waals surface area contributed by atoms with Crippen LogP contribution in [0.1, 0.15) is 49.2 Å². The van der Waals surface area contributed by atoms with E-state index in [2.05, 4.69) is 40.6 Å². The maximum absolute atomic E-state index is 4.71. The number of aromatic nitrogens is 2. The summed E-state index contributed by atoms with van der Waals surface area (Å²) in [5.41, 5.74) is 2.67. The van der Waals surface area contributed by atoms with E-state index in [1.807, 2.05) is 13.2 Å². The maximum atomic E-state index is 4.71. The van der Waals surface area contributed by atoms with E-state index in [9.17, 15) is 0 Å². The lowest BCUT2D eigenvalue weighted by Gasteiger charge is -2.36.